The third-order valence-corrected chi connectivity index (χ3v) is 2.00. The van der Waals surface area contributed by atoms with Crippen molar-refractivity contribution in [2.45, 2.75) is 20.0 Å². The Morgan fingerprint density at radius 2 is 2.00 bits per heavy atom. The molecule has 15 heavy (non-hydrogen) atoms. The van der Waals surface area contributed by atoms with Gasteiger partial charge in [0, 0.05) is 5.02 Å². The number of halogens is 1. The molecule has 0 saturated carbocycles. The van der Waals surface area contributed by atoms with E-state index in [2.05, 4.69) is 0 Å². The van der Waals surface area contributed by atoms with Crippen molar-refractivity contribution in [2.24, 2.45) is 0 Å². The van der Waals surface area contributed by atoms with Crippen LogP contribution in [0.1, 0.15) is 13.8 Å². The van der Waals surface area contributed by atoms with Gasteiger partial charge in [0.2, 0.25) is 0 Å². The van der Waals surface area contributed by atoms with E-state index in [1.807, 2.05) is 0 Å². The summed E-state index contributed by atoms with van der Waals surface area (Å²) in [6.07, 6.45) is -0.605. The van der Waals surface area contributed by atoms with E-state index >= 15 is 0 Å². The Kier molecular flexibility index (Phi) is 4.43. The second-order valence-electron chi connectivity index (χ2n) is 2.97. The highest BCUT2D eigenvalue weighted by Crippen LogP contribution is 2.16. The van der Waals surface area contributed by atoms with Gasteiger partial charge in [-0.1, -0.05) is 11.6 Å². The van der Waals surface area contributed by atoms with Crippen LogP contribution in [0.25, 0.3) is 0 Å². The summed E-state index contributed by atoms with van der Waals surface area (Å²) in [5.41, 5.74) is 0. The second kappa shape index (κ2) is 5.61. The van der Waals surface area contributed by atoms with Gasteiger partial charge in [0.25, 0.3) is 0 Å². The Morgan fingerprint density at radius 1 is 1.40 bits per heavy atom. The minimum absolute atomic E-state index is 0.354. The van der Waals surface area contributed by atoms with E-state index in [-0.39, 0.29) is 5.97 Å². The van der Waals surface area contributed by atoms with Crippen molar-refractivity contribution in [1.82, 2.24) is 0 Å². The molecule has 0 saturated heterocycles. The van der Waals surface area contributed by atoms with E-state index in [4.69, 9.17) is 21.1 Å². The smallest absolute Gasteiger partial charge is 0.347 e. The van der Waals surface area contributed by atoms with Gasteiger partial charge in [-0.2, -0.15) is 0 Å². The van der Waals surface area contributed by atoms with Crippen LogP contribution in [0.4, 0.5) is 0 Å². The van der Waals surface area contributed by atoms with Crippen LogP contribution >= 0.6 is 11.6 Å². The monoisotopic (exact) mass is 228 g/mol. The first-order valence-corrected chi connectivity index (χ1v) is 5.10. The van der Waals surface area contributed by atoms with Gasteiger partial charge in [-0.15, -0.1) is 0 Å². The normalized spacial score (nSPS) is 11.9. The van der Waals surface area contributed by atoms with Crippen molar-refractivity contribution in [3.8, 4) is 5.75 Å². The summed E-state index contributed by atoms with van der Waals surface area (Å²) in [5.74, 6) is 0.229. The fourth-order valence-electron chi connectivity index (χ4n) is 1.03. The van der Waals surface area contributed by atoms with Gasteiger partial charge < -0.3 is 9.47 Å². The quantitative estimate of drug-likeness (QED) is 0.744. The number of carbonyl (C=O) groups excluding carboxylic acids is 1. The summed E-state index contributed by atoms with van der Waals surface area (Å²) >= 11 is 5.71. The number of esters is 1. The molecular weight excluding hydrogens is 216 g/mol. The lowest BCUT2D eigenvalue weighted by molar-refractivity contribution is -0.150. The molecule has 3 nitrogen and oxygen atoms in total. The summed E-state index contributed by atoms with van der Waals surface area (Å²) in [6.45, 7) is 3.76. The lowest BCUT2D eigenvalue weighted by atomic mass is 10.3. The summed E-state index contributed by atoms with van der Waals surface area (Å²) in [6, 6.07) is 6.82. The van der Waals surface area contributed by atoms with E-state index in [9.17, 15) is 4.79 Å². The van der Waals surface area contributed by atoms with E-state index in [1.54, 1.807) is 38.1 Å². The lowest BCUT2D eigenvalue weighted by Crippen LogP contribution is -2.25. The van der Waals surface area contributed by atoms with Crippen molar-refractivity contribution < 1.29 is 14.3 Å². The first kappa shape index (κ1) is 11.9. The molecule has 4 heteroatoms. The van der Waals surface area contributed by atoms with Crippen LogP contribution in [-0.2, 0) is 9.53 Å². The summed E-state index contributed by atoms with van der Waals surface area (Å²) in [5, 5.41) is 0.631. The Labute approximate surface area is 93.9 Å². The zero-order valence-corrected chi connectivity index (χ0v) is 9.45. The van der Waals surface area contributed by atoms with Crippen molar-refractivity contribution in [3.05, 3.63) is 29.3 Å². The van der Waals surface area contributed by atoms with Gasteiger partial charge in [0.15, 0.2) is 6.10 Å². The molecule has 0 aliphatic carbocycles. The van der Waals surface area contributed by atoms with Crippen LogP contribution in [0, 0.1) is 0 Å². The highest BCUT2D eigenvalue weighted by atomic mass is 35.5. The zero-order chi connectivity index (χ0) is 11.3. The van der Waals surface area contributed by atoms with Crippen LogP contribution in [-0.4, -0.2) is 18.7 Å². The number of ether oxygens (including phenoxy) is 2. The Balaban J connectivity index is 2.54. The molecular formula is C11H13ClO3. The second-order valence-corrected chi connectivity index (χ2v) is 3.40. The molecule has 0 aromatic heterocycles. The SMILES string of the molecule is CCOC(=O)[C@H](C)Oc1ccc(Cl)cc1. The van der Waals surface area contributed by atoms with Gasteiger partial charge in [-0.25, -0.2) is 4.79 Å². The number of carbonyl (C=O) groups is 1. The average Bonchev–Trinajstić information content (AvgIpc) is 2.22. The van der Waals surface area contributed by atoms with Crippen molar-refractivity contribution >= 4 is 17.6 Å². The van der Waals surface area contributed by atoms with E-state index in [0.29, 0.717) is 17.4 Å². The Morgan fingerprint density at radius 3 is 2.53 bits per heavy atom. The van der Waals surface area contributed by atoms with Gasteiger partial charge >= 0.3 is 5.97 Å². The van der Waals surface area contributed by atoms with Crippen molar-refractivity contribution in [3.63, 3.8) is 0 Å². The molecule has 0 bridgehead atoms. The molecule has 0 radical (unpaired) electrons. The Hall–Kier alpha value is -1.22. The maximum absolute atomic E-state index is 11.2. The summed E-state index contributed by atoms with van der Waals surface area (Å²) < 4.78 is 10.2. The molecule has 0 amide bonds. The highest BCUT2D eigenvalue weighted by molar-refractivity contribution is 6.30. The standard InChI is InChI=1S/C11H13ClO3/c1-3-14-11(13)8(2)15-10-6-4-9(12)5-7-10/h4-8H,3H2,1-2H3/t8-/m0/s1. The van der Waals surface area contributed by atoms with Crippen LogP contribution in [0.15, 0.2) is 24.3 Å². The minimum atomic E-state index is -0.605. The predicted molar refractivity (Wildman–Crippen MR) is 58.2 cm³/mol. The van der Waals surface area contributed by atoms with Crippen LogP contribution in [0.3, 0.4) is 0 Å². The van der Waals surface area contributed by atoms with Crippen LogP contribution in [0.5, 0.6) is 5.75 Å². The van der Waals surface area contributed by atoms with Crippen molar-refractivity contribution in [1.29, 1.82) is 0 Å². The molecule has 0 N–H and O–H groups in total. The van der Waals surface area contributed by atoms with Gasteiger partial charge in [0.1, 0.15) is 5.75 Å². The predicted octanol–water partition coefficient (Wildman–Crippen LogP) is 2.67. The third-order valence-electron chi connectivity index (χ3n) is 1.75. The number of hydrogen-bond acceptors (Lipinski definition) is 3. The van der Waals surface area contributed by atoms with Crippen LogP contribution in [0.2, 0.25) is 5.02 Å². The van der Waals surface area contributed by atoms with E-state index in [0.717, 1.165) is 0 Å². The number of hydrogen-bond donors (Lipinski definition) is 0. The molecule has 1 atom stereocenters. The lowest BCUT2D eigenvalue weighted by Gasteiger charge is -2.12. The first-order chi connectivity index (χ1) is 7.13. The third kappa shape index (κ3) is 3.80. The summed E-state index contributed by atoms with van der Waals surface area (Å²) in [7, 11) is 0. The number of rotatable bonds is 4. The molecule has 1 aromatic carbocycles. The maximum atomic E-state index is 11.2. The summed E-state index contributed by atoms with van der Waals surface area (Å²) in [4.78, 5) is 11.2. The fourth-order valence-corrected chi connectivity index (χ4v) is 1.15. The van der Waals surface area contributed by atoms with Crippen LogP contribution < -0.4 is 4.74 Å². The molecule has 0 spiro atoms. The van der Waals surface area contributed by atoms with Gasteiger partial charge in [0.05, 0.1) is 6.61 Å². The molecule has 1 rings (SSSR count). The fraction of sp³-hybridized carbons (Fsp3) is 0.364. The number of benzene rings is 1. The van der Waals surface area contributed by atoms with E-state index < -0.39 is 6.10 Å². The molecule has 0 aliphatic rings. The molecule has 0 aliphatic heterocycles. The topological polar surface area (TPSA) is 35.5 Å². The average molecular weight is 229 g/mol. The Bertz CT molecular complexity index is 321. The molecule has 82 valence electrons. The zero-order valence-electron chi connectivity index (χ0n) is 8.70. The van der Waals surface area contributed by atoms with Gasteiger partial charge in [-0.3, -0.25) is 0 Å². The first-order valence-electron chi connectivity index (χ1n) is 4.72. The molecule has 1 aromatic rings. The van der Waals surface area contributed by atoms with Gasteiger partial charge in [-0.05, 0) is 38.1 Å². The van der Waals surface area contributed by atoms with Crippen molar-refractivity contribution in [2.75, 3.05) is 6.61 Å². The van der Waals surface area contributed by atoms with E-state index in [1.165, 1.54) is 0 Å². The molecule has 0 unspecified atom stereocenters. The minimum Gasteiger partial charge on any atom is -0.479 e. The largest absolute Gasteiger partial charge is 0.479 e. The maximum Gasteiger partial charge on any atom is 0.347 e. The molecule has 0 heterocycles. The highest BCUT2D eigenvalue weighted by Gasteiger charge is 2.15. The molecule has 0 fully saturated rings.